The van der Waals surface area contributed by atoms with E-state index in [9.17, 15) is 4.39 Å². The Labute approximate surface area is 118 Å². The van der Waals surface area contributed by atoms with Crippen LogP contribution in [-0.4, -0.2) is 0 Å². The molecular weight excluding hydrogens is 235 g/mol. The lowest BCUT2D eigenvalue weighted by Gasteiger charge is -2.17. The van der Waals surface area contributed by atoms with Gasteiger partial charge in [0.25, 0.3) is 0 Å². The molecule has 0 aliphatic rings. The maximum absolute atomic E-state index is 13.9. The van der Waals surface area contributed by atoms with Crippen molar-refractivity contribution in [2.24, 2.45) is 5.92 Å². The lowest BCUT2D eigenvalue weighted by atomic mass is 9.89. The molecule has 0 N–H and O–H groups in total. The summed E-state index contributed by atoms with van der Waals surface area (Å²) < 4.78 is 13.9. The summed E-state index contributed by atoms with van der Waals surface area (Å²) in [4.78, 5) is 0. The lowest BCUT2D eigenvalue weighted by Crippen LogP contribution is -2.07. The number of hydrogen-bond acceptors (Lipinski definition) is 0. The molecule has 1 aromatic carbocycles. The predicted octanol–water partition coefficient (Wildman–Crippen LogP) is 6.06. The Kier molecular flexibility index (Phi) is 7.78. The minimum absolute atomic E-state index is 0.0167. The van der Waals surface area contributed by atoms with Crippen molar-refractivity contribution < 1.29 is 4.39 Å². The zero-order chi connectivity index (χ0) is 14.1. The highest BCUT2D eigenvalue weighted by Crippen LogP contribution is 2.23. The monoisotopic (exact) mass is 264 g/mol. The van der Waals surface area contributed by atoms with E-state index < -0.39 is 0 Å². The lowest BCUT2D eigenvalue weighted by molar-refractivity contribution is 0.406. The van der Waals surface area contributed by atoms with Gasteiger partial charge in [-0.2, -0.15) is 0 Å². The molecule has 1 unspecified atom stereocenters. The third-order valence-corrected chi connectivity index (χ3v) is 3.90. The molecule has 108 valence electrons. The summed E-state index contributed by atoms with van der Waals surface area (Å²) >= 11 is 0. The Balaban J connectivity index is 2.58. The van der Waals surface area contributed by atoms with Gasteiger partial charge in [-0.25, -0.2) is 4.39 Å². The second-order valence-corrected chi connectivity index (χ2v) is 5.80. The first kappa shape index (κ1) is 16.2. The summed E-state index contributed by atoms with van der Waals surface area (Å²) in [6.07, 6.45) is 9.77. The Bertz CT molecular complexity index is 357. The third kappa shape index (κ3) is 6.22. The normalized spacial score (nSPS) is 12.6. The first-order valence-electron chi connectivity index (χ1n) is 7.92. The first-order chi connectivity index (χ1) is 9.17. The van der Waals surface area contributed by atoms with Crippen molar-refractivity contribution in [2.45, 2.75) is 72.1 Å². The topological polar surface area (TPSA) is 0 Å². The third-order valence-electron chi connectivity index (χ3n) is 3.90. The standard InChI is InChI=1S/C18H29F/c1-4-6-8-10-16(9-7-5-2)14-17-12-11-15(3)13-18(17)19/h11-13,16H,4-10,14H2,1-3H3. The highest BCUT2D eigenvalue weighted by atomic mass is 19.1. The molecule has 0 aliphatic heterocycles. The van der Waals surface area contributed by atoms with E-state index in [4.69, 9.17) is 0 Å². The molecule has 0 spiro atoms. The molecule has 0 saturated carbocycles. The zero-order valence-electron chi connectivity index (χ0n) is 12.8. The SMILES string of the molecule is CCCCCC(CCCC)Cc1ccc(C)cc1F. The Morgan fingerprint density at radius 1 is 1.00 bits per heavy atom. The summed E-state index contributed by atoms with van der Waals surface area (Å²) in [6.45, 7) is 6.42. The van der Waals surface area contributed by atoms with Gasteiger partial charge in [-0.1, -0.05) is 70.9 Å². The van der Waals surface area contributed by atoms with Crippen molar-refractivity contribution in [2.75, 3.05) is 0 Å². The number of unbranched alkanes of at least 4 members (excludes halogenated alkanes) is 3. The van der Waals surface area contributed by atoms with Crippen LogP contribution < -0.4 is 0 Å². The molecule has 1 rings (SSSR count). The van der Waals surface area contributed by atoms with Crippen LogP contribution in [0.15, 0.2) is 18.2 Å². The fourth-order valence-corrected chi connectivity index (χ4v) is 2.65. The largest absolute Gasteiger partial charge is 0.207 e. The highest BCUT2D eigenvalue weighted by Gasteiger charge is 2.12. The van der Waals surface area contributed by atoms with Gasteiger partial charge in [-0.05, 0) is 36.5 Å². The maximum atomic E-state index is 13.9. The minimum atomic E-state index is -0.0167. The van der Waals surface area contributed by atoms with Gasteiger partial charge in [0.2, 0.25) is 0 Å². The van der Waals surface area contributed by atoms with E-state index in [1.165, 1.54) is 44.9 Å². The number of aryl methyl sites for hydroxylation is 1. The molecule has 0 heterocycles. The average Bonchev–Trinajstić information content (AvgIpc) is 2.39. The fourth-order valence-electron chi connectivity index (χ4n) is 2.65. The minimum Gasteiger partial charge on any atom is -0.207 e. The van der Waals surface area contributed by atoms with Gasteiger partial charge < -0.3 is 0 Å². The molecule has 0 radical (unpaired) electrons. The van der Waals surface area contributed by atoms with E-state index in [-0.39, 0.29) is 5.82 Å². The quantitative estimate of drug-likeness (QED) is 0.475. The highest BCUT2D eigenvalue weighted by molar-refractivity contribution is 5.23. The molecule has 0 aromatic heterocycles. The van der Waals surface area contributed by atoms with E-state index in [2.05, 4.69) is 13.8 Å². The summed E-state index contributed by atoms with van der Waals surface area (Å²) in [5.41, 5.74) is 1.92. The van der Waals surface area contributed by atoms with E-state index in [0.717, 1.165) is 17.5 Å². The van der Waals surface area contributed by atoms with Crippen LogP contribution in [0, 0.1) is 18.7 Å². The summed E-state index contributed by atoms with van der Waals surface area (Å²) in [5.74, 6) is 0.640. The van der Waals surface area contributed by atoms with Gasteiger partial charge in [-0.3, -0.25) is 0 Å². The summed E-state index contributed by atoms with van der Waals surface area (Å²) in [7, 11) is 0. The molecule has 0 fully saturated rings. The second kappa shape index (κ2) is 9.12. The van der Waals surface area contributed by atoms with Crippen LogP contribution in [-0.2, 0) is 6.42 Å². The van der Waals surface area contributed by atoms with Crippen LogP contribution in [0.4, 0.5) is 4.39 Å². The first-order valence-corrected chi connectivity index (χ1v) is 7.92. The second-order valence-electron chi connectivity index (χ2n) is 5.80. The van der Waals surface area contributed by atoms with Gasteiger partial charge in [0, 0.05) is 0 Å². The van der Waals surface area contributed by atoms with Crippen LogP contribution in [0.25, 0.3) is 0 Å². The number of rotatable bonds is 9. The number of halogens is 1. The van der Waals surface area contributed by atoms with Crippen LogP contribution in [0.5, 0.6) is 0 Å². The molecule has 0 saturated heterocycles. The van der Waals surface area contributed by atoms with Crippen molar-refractivity contribution in [3.05, 3.63) is 35.1 Å². The van der Waals surface area contributed by atoms with Crippen molar-refractivity contribution in [3.63, 3.8) is 0 Å². The molecule has 1 aromatic rings. The van der Waals surface area contributed by atoms with Crippen LogP contribution in [0.1, 0.15) is 69.9 Å². The fraction of sp³-hybridized carbons (Fsp3) is 0.667. The van der Waals surface area contributed by atoms with Crippen LogP contribution in [0.2, 0.25) is 0 Å². The summed E-state index contributed by atoms with van der Waals surface area (Å²) in [5, 5.41) is 0. The molecule has 1 atom stereocenters. The van der Waals surface area contributed by atoms with Gasteiger partial charge in [-0.15, -0.1) is 0 Å². The van der Waals surface area contributed by atoms with Crippen LogP contribution >= 0.6 is 0 Å². The molecule has 1 heteroatoms. The zero-order valence-corrected chi connectivity index (χ0v) is 12.8. The molecule has 19 heavy (non-hydrogen) atoms. The van der Waals surface area contributed by atoms with Crippen molar-refractivity contribution in [1.82, 2.24) is 0 Å². The summed E-state index contributed by atoms with van der Waals surface area (Å²) in [6, 6.07) is 5.67. The predicted molar refractivity (Wildman–Crippen MR) is 82.0 cm³/mol. The van der Waals surface area contributed by atoms with Crippen molar-refractivity contribution in [3.8, 4) is 0 Å². The van der Waals surface area contributed by atoms with Crippen molar-refractivity contribution in [1.29, 1.82) is 0 Å². The van der Waals surface area contributed by atoms with Crippen molar-refractivity contribution >= 4 is 0 Å². The Hall–Kier alpha value is -0.850. The molecule has 0 nitrogen and oxygen atoms in total. The van der Waals surface area contributed by atoms with Gasteiger partial charge in [0.15, 0.2) is 0 Å². The smallest absolute Gasteiger partial charge is 0.126 e. The van der Waals surface area contributed by atoms with E-state index in [1.807, 2.05) is 19.1 Å². The average molecular weight is 264 g/mol. The Morgan fingerprint density at radius 2 is 1.68 bits per heavy atom. The maximum Gasteiger partial charge on any atom is 0.126 e. The molecular formula is C18H29F. The van der Waals surface area contributed by atoms with Gasteiger partial charge >= 0.3 is 0 Å². The molecule has 0 aliphatic carbocycles. The van der Waals surface area contributed by atoms with Gasteiger partial charge in [0.1, 0.15) is 5.82 Å². The van der Waals surface area contributed by atoms with Crippen LogP contribution in [0.3, 0.4) is 0 Å². The van der Waals surface area contributed by atoms with E-state index >= 15 is 0 Å². The van der Waals surface area contributed by atoms with E-state index in [1.54, 1.807) is 6.07 Å². The number of hydrogen-bond donors (Lipinski definition) is 0. The number of benzene rings is 1. The molecule has 0 bridgehead atoms. The molecule has 0 amide bonds. The van der Waals surface area contributed by atoms with Gasteiger partial charge in [0.05, 0.1) is 0 Å². The Morgan fingerprint density at radius 3 is 2.32 bits per heavy atom. The van der Waals surface area contributed by atoms with E-state index in [0.29, 0.717) is 5.92 Å².